The number of hydrogen-bond acceptors (Lipinski definition) is 9. The van der Waals surface area contributed by atoms with Crippen LogP contribution in [0.2, 0.25) is 0 Å². The van der Waals surface area contributed by atoms with Gasteiger partial charge in [0, 0.05) is 12.0 Å². The second-order valence-electron chi connectivity index (χ2n) is 12.4. The van der Waals surface area contributed by atoms with Gasteiger partial charge in [-0.15, -0.1) is 4.91 Å². The summed E-state index contributed by atoms with van der Waals surface area (Å²) in [5, 5.41) is 35.3. The van der Waals surface area contributed by atoms with E-state index < -0.39 is 47.7 Å². The van der Waals surface area contributed by atoms with Crippen LogP contribution in [0.4, 0.5) is 5.69 Å². The Kier molecular flexibility index (Phi) is 17.0. The lowest BCUT2D eigenvalue weighted by molar-refractivity contribution is -0.132. The van der Waals surface area contributed by atoms with Gasteiger partial charge in [-0.3, -0.25) is 19.2 Å². The molecule has 0 fully saturated rings. The van der Waals surface area contributed by atoms with Crippen LogP contribution in [0.25, 0.3) is 0 Å². The molecule has 0 aliphatic rings. The fourth-order valence-electron chi connectivity index (χ4n) is 4.67. The fraction of sp³-hybridized carbons (Fsp3) is 0.677. The summed E-state index contributed by atoms with van der Waals surface area (Å²) >= 11 is 1.48. The minimum Gasteiger partial charge on any atom is -0.505 e. The van der Waals surface area contributed by atoms with E-state index in [0.717, 1.165) is 0 Å². The van der Waals surface area contributed by atoms with Crippen molar-refractivity contribution < 1.29 is 29.4 Å². The monoisotopic (exact) mass is 637 g/mol. The van der Waals surface area contributed by atoms with Gasteiger partial charge in [-0.1, -0.05) is 40.7 Å². The number of nitroso groups, excluding NO2 is 1. The van der Waals surface area contributed by atoms with E-state index in [1.807, 2.05) is 47.8 Å². The number of phenolic OH excluding ortho intramolecular Hbond substituents is 1. The van der Waals surface area contributed by atoms with Gasteiger partial charge in [0.2, 0.25) is 17.7 Å². The number of aliphatic hydroxyl groups is 1. The van der Waals surface area contributed by atoms with Crippen molar-refractivity contribution in [2.75, 3.05) is 12.0 Å². The number of carbonyl (C=O) groups is 4. The summed E-state index contributed by atoms with van der Waals surface area (Å²) in [6.45, 7) is 13.2. The summed E-state index contributed by atoms with van der Waals surface area (Å²) in [6.07, 6.45) is 1.94. The maximum absolute atomic E-state index is 13.5. The standard InChI is InChI=1S/C31H51N5O7S/c1-17(2)14-24(26(37)16-20(7)28(39)35-25(15-18(3)4)31(42)32-19(5)6)34-30(41)23(12-13-44-8)33-29(40)21-10-9-11-22(36-43)27(21)38/h9-11,17-20,23-26,37-38H,12-16H2,1-8H3,(H,32,42)(H,33,40)(H,34,41)(H,35,39)/t20-,23+,24+,25+,26+/m1/s1. The van der Waals surface area contributed by atoms with Crippen LogP contribution in [-0.2, 0) is 14.4 Å². The number of rotatable bonds is 19. The Balaban J connectivity index is 3.05. The van der Waals surface area contributed by atoms with Gasteiger partial charge in [-0.2, -0.15) is 11.8 Å². The maximum Gasteiger partial charge on any atom is 0.255 e. The van der Waals surface area contributed by atoms with Gasteiger partial charge in [0.15, 0.2) is 5.75 Å². The first-order valence-corrected chi connectivity index (χ1v) is 16.5. The second-order valence-corrected chi connectivity index (χ2v) is 13.4. The van der Waals surface area contributed by atoms with E-state index in [-0.39, 0.29) is 53.8 Å². The number of aromatic hydroxyl groups is 1. The molecular formula is C31H51N5O7S. The Morgan fingerprint density at radius 1 is 0.818 bits per heavy atom. The molecule has 0 unspecified atom stereocenters. The molecular weight excluding hydrogens is 586 g/mol. The largest absolute Gasteiger partial charge is 0.505 e. The highest BCUT2D eigenvalue weighted by molar-refractivity contribution is 7.98. The Morgan fingerprint density at radius 3 is 1.98 bits per heavy atom. The lowest BCUT2D eigenvalue weighted by atomic mass is 9.91. The third kappa shape index (κ3) is 13.2. The van der Waals surface area contributed by atoms with Crippen LogP contribution in [0.5, 0.6) is 5.75 Å². The number of hydrogen-bond donors (Lipinski definition) is 6. The predicted octanol–water partition coefficient (Wildman–Crippen LogP) is 3.62. The third-order valence-electron chi connectivity index (χ3n) is 6.92. The van der Waals surface area contributed by atoms with Gasteiger partial charge in [-0.05, 0) is 80.7 Å². The van der Waals surface area contributed by atoms with Crippen molar-refractivity contribution in [1.82, 2.24) is 21.3 Å². The number of aliphatic hydroxyl groups excluding tert-OH is 1. The molecule has 12 nitrogen and oxygen atoms in total. The van der Waals surface area contributed by atoms with Gasteiger partial charge < -0.3 is 31.5 Å². The number of nitrogens with zero attached hydrogens (tertiary/aromatic N) is 1. The molecule has 0 radical (unpaired) electrons. The van der Waals surface area contributed by atoms with Crippen molar-refractivity contribution in [2.24, 2.45) is 22.9 Å². The number of amides is 4. The van der Waals surface area contributed by atoms with E-state index in [1.165, 1.54) is 30.0 Å². The number of benzene rings is 1. The van der Waals surface area contributed by atoms with Crippen molar-refractivity contribution >= 4 is 41.1 Å². The Bertz CT molecular complexity index is 1110. The zero-order valence-electron chi connectivity index (χ0n) is 27.2. The lowest BCUT2D eigenvalue weighted by Gasteiger charge is -2.30. The van der Waals surface area contributed by atoms with Crippen LogP contribution in [0.15, 0.2) is 23.4 Å². The first kappa shape index (κ1) is 38.8. The first-order valence-electron chi connectivity index (χ1n) is 15.1. The van der Waals surface area contributed by atoms with E-state index >= 15 is 0 Å². The molecule has 13 heteroatoms. The van der Waals surface area contributed by atoms with E-state index in [4.69, 9.17) is 0 Å². The molecule has 0 bridgehead atoms. The van der Waals surface area contributed by atoms with Gasteiger partial charge in [0.25, 0.3) is 5.91 Å². The number of phenols is 1. The van der Waals surface area contributed by atoms with Gasteiger partial charge in [-0.25, -0.2) is 0 Å². The summed E-state index contributed by atoms with van der Waals surface area (Å²) in [7, 11) is 0. The zero-order chi connectivity index (χ0) is 33.6. The highest BCUT2D eigenvalue weighted by Gasteiger charge is 2.31. The fourth-order valence-corrected chi connectivity index (χ4v) is 5.14. The van der Waals surface area contributed by atoms with Gasteiger partial charge >= 0.3 is 0 Å². The molecule has 1 aromatic carbocycles. The quantitative estimate of drug-likeness (QED) is 0.124. The summed E-state index contributed by atoms with van der Waals surface area (Å²) in [4.78, 5) is 63.2. The molecule has 6 N–H and O–H groups in total. The average molecular weight is 638 g/mol. The molecule has 4 amide bonds. The molecule has 5 atom stereocenters. The predicted molar refractivity (Wildman–Crippen MR) is 174 cm³/mol. The van der Waals surface area contributed by atoms with E-state index in [9.17, 15) is 34.3 Å². The molecule has 0 saturated carbocycles. The summed E-state index contributed by atoms with van der Waals surface area (Å²) in [5.74, 6) is -2.37. The number of nitrogens with one attached hydrogen (secondary N) is 4. The molecule has 1 aromatic rings. The molecule has 0 aromatic heterocycles. The normalized spacial score (nSPS) is 14.8. The smallest absolute Gasteiger partial charge is 0.255 e. The third-order valence-corrected chi connectivity index (χ3v) is 7.57. The molecule has 1 rings (SSSR count). The molecule has 0 aliphatic carbocycles. The Labute approximate surface area is 265 Å². The molecule has 0 heterocycles. The summed E-state index contributed by atoms with van der Waals surface area (Å²) < 4.78 is 0. The lowest BCUT2D eigenvalue weighted by Crippen LogP contribution is -2.54. The van der Waals surface area contributed by atoms with Gasteiger partial charge in [0.05, 0.1) is 17.7 Å². The topological polar surface area (TPSA) is 186 Å². The molecule has 0 saturated heterocycles. The van der Waals surface area contributed by atoms with Crippen molar-refractivity contribution in [2.45, 2.75) is 104 Å². The Morgan fingerprint density at radius 2 is 1.43 bits per heavy atom. The zero-order valence-corrected chi connectivity index (χ0v) is 28.0. The van der Waals surface area contributed by atoms with Crippen LogP contribution in [0.3, 0.4) is 0 Å². The second kappa shape index (κ2) is 19.3. The number of carbonyl (C=O) groups excluding carboxylic acids is 4. The summed E-state index contributed by atoms with van der Waals surface area (Å²) in [6, 6.07) is 1.47. The first-order chi connectivity index (χ1) is 20.6. The minimum atomic E-state index is -1.09. The van der Waals surface area contributed by atoms with Gasteiger partial charge in [0.1, 0.15) is 17.8 Å². The number of thioether (sulfide) groups is 1. The number of para-hydroxylation sites is 1. The highest BCUT2D eigenvalue weighted by Crippen LogP contribution is 2.29. The van der Waals surface area contributed by atoms with Crippen molar-refractivity contribution in [3.8, 4) is 5.75 Å². The summed E-state index contributed by atoms with van der Waals surface area (Å²) in [5.41, 5.74) is -0.488. The molecule has 248 valence electrons. The molecule has 44 heavy (non-hydrogen) atoms. The van der Waals surface area contributed by atoms with Crippen LogP contribution in [-0.4, -0.2) is 76.1 Å². The highest BCUT2D eigenvalue weighted by atomic mass is 32.2. The van der Waals surface area contributed by atoms with E-state index in [0.29, 0.717) is 18.6 Å². The molecule has 0 aliphatic heterocycles. The van der Waals surface area contributed by atoms with E-state index in [1.54, 1.807) is 6.92 Å². The van der Waals surface area contributed by atoms with Crippen LogP contribution >= 0.6 is 11.8 Å². The Hall–Kier alpha value is -3.19. The van der Waals surface area contributed by atoms with Crippen LogP contribution in [0, 0.1) is 22.7 Å². The van der Waals surface area contributed by atoms with Crippen LogP contribution < -0.4 is 21.3 Å². The SMILES string of the molecule is CSCC[C@H](NC(=O)c1cccc(N=O)c1O)C(=O)N[C@@H](CC(C)C)[C@@H](O)C[C@@H](C)C(=O)N[C@@H](CC(C)C)C(=O)NC(C)C. The van der Waals surface area contributed by atoms with E-state index in [2.05, 4.69) is 26.4 Å². The van der Waals surface area contributed by atoms with Crippen LogP contribution in [0.1, 0.15) is 84.5 Å². The maximum atomic E-state index is 13.5. The van der Waals surface area contributed by atoms with Crippen molar-refractivity contribution in [1.29, 1.82) is 0 Å². The minimum absolute atomic E-state index is 0.0326. The molecule has 0 spiro atoms. The van der Waals surface area contributed by atoms with Crippen molar-refractivity contribution in [3.05, 3.63) is 28.7 Å². The van der Waals surface area contributed by atoms with Crippen molar-refractivity contribution in [3.63, 3.8) is 0 Å². The average Bonchev–Trinajstić information content (AvgIpc) is 2.93.